The van der Waals surface area contributed by atoms with E-state index in [0.29, 0.717) is 24.2 Å². The maximum atomic E-state index is 12.4. The van der Waals surface area contributed by atoms with Gasteiger partial charge in [0.1, 0.15) is 11.9 Å². The van der Waals surface area contributed by atoms with Crippen LogP contribution in [0.4, 0.5) is 0 Å². The maximum absolute atomic E-state index is 12.4. The highest BCUT2D eigenvalue weighted by Gasteiger charge is 2.31. The summed E-state index contributed by atoms with van der Waals surface area (Å²) in [5.41, 5.74) is 0.405. The molecular weight excluding hydrogens is 386 g/mol. The second kappa shape index (κ2) is 7.89. The van der Waals surface area contributed by atoms with Crippen molar-refractivity contribution < 1.29 is 22.5 Å². The van der Waals surface area contributed by atoms with E-state index in [2.05, 4.69) is 25.2 Å². The minimum absolute atomic E-state index is 0.105. The lowest BCUT2D eigenvalue weighted by Gasteiger charge is -2.11. The number of fused-ring (bicyclic) bond motifs is 1. The summed E-state index contributed by atoms with van der Waals surface area (Å²) >= 11 is 0. The highest BCUT2D eigenvalue weighted by Crippen LogP contribution is 2.22. The summed E-state index contributed by atoms with van der Waals surface area (Å²) < 4.78 is 31.5. The fourth-order valence-electron chi connectivity index (χ4n) is 2.59. The normalized spacial score (nSPS) is 17.0. The van der Waals surface area contributed by atoms with Crippen LogP contribution < -0.4 is 10.0 Å². The monoisotopic (exact) mass is 405 g/mol. The highest BCUT2D eigenvalue weighted by molar-refractivity contribution is 7.90. The van der Waals surface area contributed by atoms with E-state index in [9.17, 15) is 18.0 Å². The zero-order valence-electron chi connectivity index (χ0n) is 15.3. The largest absolute Gasteiger partial charge is 0.347 e. The van der Waals surface area contributed by atoms with E-state index >= 15 is 0 Å². The van der Waals surface area contributed by atoms with Gasteiger partial charge in [0, 0.05) is 12.0 Å². The lowest BCUT2D eigenvalue weighted by molar-refractivity contribution is -0.122. The van der Waals surface area contributed by atoms with E-state index < -0.39 is 27.8 Å². The predicted molar refractivity (Wildman–Crippen MR) is 98.4 cm³/mol. The van der Waals surface area contributed by atoms with Gasteiger partial charge in [-0.2, -0.15) is 4.98 Å². The van der Waals surface area contributed by atoms with Crippen LogP contribution in [0.15, 0.2) is 38.7 Å². The van der Waals surface area contributed by atoms with Crippen molar-refractivity contribution in [2.75, 3.05) is 6.54 Å². The Hall–Kier alpha value is -3.08. The number of aryl methyl sites for hydroxylation is 1. The number of rotatable bonds is 7. The number of benzene rings is 1. The fourth-order valence-corrected chi connectivity index (χ4v) is 3.83. The predicted octanol–water partition coefficient (Wildman–Crippen LogP) is 0.448. The van der Waals surface area contributed by atoms with E-state index in [-0.39, 0.29) is 23.2 Å². The van der Waals surface area contributed by atoms with E-state index in [1.54, 1.807) is 25.1 Å². The van der Waals surface area contributed by atoms with Crippen LogP contribution in [0, 0.1) is 0 Å². The average Bonchev–Trinajstić information content (AvgIpc) is 3.27. The third kappa shape index (κ3) is 3.93. The molecule has 1 atom stereocenters. The molecule has 28 heavy (non-hydrogen) atoms. The number of ketones is 1. The Morgan fingerprint density at radius 2 is 2.04 bits per heavy atom. The number of aromatic nitrogens is 2. The Kier molecular flexibility index (Phi) is 5.54. The molecule has 0 spiro atoms. The van der Waals surface area contributed by atoms with Gasteiger partial charge in [-0.15, -0.1) is 0 Å². The standard InChI is InChI=1S/C17H19N5O5S/c1-3-11(16(24)18-9-12(23)17-20-14(4-2)21-27-17)19-15-10-7-5-6-8-13(10)28(25,26)22-15/h5-8,11H,3-4,9H2,1-2H3,(H,18,24)(H,19,22)/t11-/m0/s1. The molecule has 1 amide bonds. The SMILES string of the molecule is CCc1noc(C(=O)CNC(=O)[C@H](CC)N=C2NS(=O)(=O)c3ccccc32)n1. The van der Waals surface area contributed by atoms with Crippen LogP contribution in [0.2, 0.25) is 0 Å². The third-order valence-electron chi connectivity index (χ3n) is 4.08. The molecule has 3 rings (SSSR count). The van der Waals surface area contributed by atoms with Gasteiger partial charge in [-0.1, -0.05) is 31.1 Å². The molecule has 11 heteroatoms. The molecule has 0 radical (unpaired) electrons. The van der Waals surface area contributed by atoms with Crippen molar-refractivity contribution in [2.24, 2.45) is 4.99 Å². The summed E-state index contributed by atoms with van der Waals surface area (Å²) in [4.78, 5) is 32.7. The zero-order chi connectivity index (χ0) is 20.3. The van der Waals surface area contributed by atoms with Crippen molar-refractivity contribution in [1.29, 1.82) is 0 Å². The first kappa shape index (κ1) is 19.7. The van der Waals surface area contributed by atoms with E-state index in [0.717, 1.165) is 0 Å². The molecule has 1 aromatic heterocycles. The maximum Gasteiger partial charge on any atom is 0.295 e. The van der Waals surface area contributed by atoms with E-state index in [1.165, 1.54) is 6.07 Å². The summed E-state index contributed by atoms with van der Waals surface area (Å²) in [5.74, 6) is -0.695. The molecule has 2 N–H and O–H groups in total. The van der Waals surface area contributed by atoms with Gasteiger partial charge in [0.15, 0.2) is 5.82 Å². The Bertz CT molecular complexity index is 1040. The number of sulfonamides is 1. The number of nitrogens with one attached hydrogen (secondary N) is 2. The van der Waals surface area contributed by atoms with Gasteiger partial charge in [0.05, 0.1) is 11.4 Å². The second-order valence-corrected chi connectivity index (χ2v) is 7.66. The number of carbonyl (C=O) groups is 2. The smallest absolute Gasteiger partial charge is 0.295 e. The molecule has 148 valence electrons. The molecule has 2 aromatic rings. The second-order valence-electron chi connectivity index (χ2n) is 6.01. The molecule has 1 aliphatic heterocycles. The molecule has 0 unspecified atom stereocenters. The summed E-state index contributed by atoms with van der Waals surface area (Å²) in [7, 11) is -3.69. The van der Waals surface area contributed by atoms with Crippen molar-refractivity contribution in [2.45, 2.75) is 37.6 Å². The number of carbonyl (C=O) groups excluding carboxylic acids is 2. The number of Topliss-reactive ketones (excluding diaryl/α,β-unsaturated/α-hetero) is 1. The zero-order valence-corrected chi connectivity index (χ0v) is 16.1. The van der Waals surface area contributed by atoms with Crippen LogP contribution >= 0.6 is 0 Å². The minimum Gasteiger partial charge on any atom is -0.347 e. The Balaban J connectivity index is 1.71. The molecule has 10 nitrogen and oxygen atoms in total. The first-order chi connectivity index (χ1) is 13.4. The van der Waals surface area contributed by atoms with Crippen molar-refractivity contribution in [1.82, 2.24) is 20.2 Å². The van der Waals surface area contributed by atoms with Crippen LogP contribution in [0.3, 0.4) is 0 Å². The molecular formula is C17H19N5O5S. The van der Waals surface area contributed by atoms with Crippen LogP contribution in [0.1, 0.15) is 42.3 Å². The number of aliphatic imine (C=N–C) groups is 1. The van der Waals surface area contributed by atoms with Crippen LogP contribution in [0.25, 0.3) is 0 Å². The lowest BCUT2D eigenvalue weighted by Crippen LogP contribution is -2.38. The summed E-state index contributed by atoms with van der Waals surface area (Å²) in [6.45, 7) is 3.23. The van der Waals surface area contributed by atoms with Crippen LogP contribution in [-0.2, 0) is 21.2 Å². The first-order valence-electron chi connectivity index (χ1n) is 8.69. The van der Waals surface area contributed by atoms with Crippen LogP contribution in [-0.4, -0.2) is 48.7 Å². The van der Waals surface area contributed by atoms with Crippen LogP contribution in [0.5, 0.6) is 0 Å². The Labute approximate surface area is 161 Å². The molecule has 0 bridgehead atoms. The number of amidine groups is 1. The van der Waals surface area contributed by atoms with Crippen molar-refractivity contribution >= 4 is 27.5 Å². The number of hydrogen-bond donors (Lipinski definition) is 2. The molecule has 2 heterocycles. The molecule has 0 saturated heterocycles. The molecule has 0 aliphatic carbocycles. The molecule has 0 saturated carbocycles. The van der Waals surface area contributed by atoms with Crippen molar-refractivity contribution in [3.05, 3.63) is 41.5 Å². The third-order valence-corrected chi connectivity index (χ3v) is 5.48. The van der Waals surface area contributed by atoms with Crippen molar-refractivity contribution in [3.8, 4) is 0 Å². The van der Waals surface area contributed by atoms with E-state index in [1.807, 2.05) is 6.92 Å². The van der Waals surface area contributed by atoms with Gasteiger partial charge in [-0.05, 0) is 18.6 Å². The van der Waals surface area contributed by atoms with E-state index in [4.69, 9.17) is 4.52 Å². The Morgan fingerprint density at radius 1 is 1.29 bits per heavy atom. The summed E-state index contributed by atoms with van der Waals surface area (Å²) in [6, 6.07) is 5.50. The van der Waals surface area contributed by atoms with Gasteiger partial charge < -0.3 is 9.84 Å². The number of hydrogen-bond acceptors (Lipinski definition) is 8. The topological polar surface area (TPSA) is 144 Å². The quantitative estimate of drug-likeness (QED) is 0.636. The van der Waals surface area contributed by atoms with Gasteiger partial charge in [-0.25, -0.2) is 8.42 Å². The number of nitrogens with zero attached hydrogens (tertiary/aromatic N) is 3. The summed E-state index contributed by atoms with van der Waals surface area (Å²) in [5, 5.41) is 6.11. The molecule has 1 aliphatic rings. The number of amides is 1. The molecule has 1 aromatic carbocycles. The minimum atomic E-state index is -3.69. The summed E-state index contributed by atoms with van der Waals surface area (Å²) in [6.07, 6.45) is 0.837. The Morgan fingerprint density at radius 3 is 2.71 bits per heavy atom. The van der Waals surface area contributed by atoms with Gasteiger partial charge in [0.25, 0.3) is 15.9 Å². The van der Waals surface area contributed by atoms with Gasteiger partial charge >= 0.3 is 0 Å². The van der Waals surface area contributed by atoms with Crippen molar-refractivity contribution in [3.63, 3.8) is 0 Å². The lowest BCUT2D eigenvalue weighted by atomic mass is 10.2. The first-order valence-corrected chi connectivity index (χ1v) is 10.2. The highest BCUT2D eigenvalue weighted by atomic mass is 32.2. The van der Waals surface area contributed by atoms with Gasteiger partial charge in [-0.3, -0.25) is 19.3 Å². The average molecular weight is 405 g/mol. The fraction of sp³-hybridized carbons (Fsp3) is 0.353. The van der Waals surface area contributed by atoms with Gasteiger partial charge in [0.2, 0.25) is 11.7 Å². The molecule has 0 fully saturated rings.